The van der Waals surface area contributed by atoms with E-state index >= 15 is 0 Å². The molecule has 0 unspecified atom stereocenters. The van der Waals surface area contributed by atoms with Crippen LogP contribution in [0.4, 0.5) is 5.69 Å². The van der Waals surface area contributed by atoms with E-state index in [9.17, 15) is 9.59 Å². The summed E-state index contributed by atoms with van der Waals surface area (Å²) in [6.45, 7) is 2.35. The maximum absolute atomic E-state index is 12.4. The average Bonchev–Trinajstić information content (AvgIpc) is 2.43. The molecular formula is C16H21NO4. The van der Waals surface area contributed by atoms with Gasteiger partial charge >= 0.3 is 5.97 Å². The van der Waals surface area contributed by atoms with E-state index in [-0.39, 0.29) is 18.6 Å². The zero-order valence-electron chi connectivity index (χ0n) is 12.2. The van der Waals surface area contributed by atoms with Crippen LogP contribution in [-0.2, 0) is 14.3 Å². The summed E-state index contributed by atoms with van der Waals surface area (Å²) in [5.74, 6) is -0.842. The summed E-state index contributed by atoms with van der Waals surface area (Å²) in [6.07, 6.45) is 2.41. The standard InChI is InChI=1S/C16H21NO4/c1-2-21-14-8-12(9-14)10-15(18)17(11-16(19)20)13-6-4-3-5-7-13/h3-7,12,14H,2,8-11H2,1H3,(H,19,20). The molecule has 1 amide bonds. The van der Waals surface area contributed by atoms with Crippen LogP contribution in [0.1, 0.15) is 26.2 Å². The first-order chi connectivity index (χ1) is 10.1. The zero-order valence-corrected chi connectivity index (χ0v) is 12.2. The van der Waals surface area contributed by atoms with E-state index in [1.165, 1.54) is 4.90 Å². The van der Waals surface area contributed by atoms with Gasteiger partial charge in [0.25, 0.3) is 0 Å². The Bertz CT molecular complexity index is 482. The summed E-state index contributed by atoms with van der Waals surface area (Å²) in [6, 6.07) is 8.94. The fourth-order valence-electron chi connectivity index (χ4n) is 2.64. The second kappa shape index (κ2) is 7.22. The monoisotopic (exact) mass is 291 g/mol. The van der Waals surface area contributed by atoms with Crippen molar-refractivity contribution in [1.82, 2.24) is 0 Å². The molecule has 1 fully saturated rings. The number of carboxylic acid groups (broad SMARTS) is 1. The molecule has 0 heterocycles. The normalized spacial score (nSPS) is 20.6. The molecule has 0 atom stereocenters. The van der Waals surface area contributed by atoms with Gasteiger partial charge in [0.1, 0.15) is 6.54 Å². The van der Waals surface area contributed by atoms with Crippen molar-refractivity contribution in [2.24, 2.45) is 5.92 Å². The molecule has 1 aliphatic rings. The SMILES string of the molecule is CCOC1CC(CC(=O)N(CC(=O)O)c2ccccc2)C1. The number of anilines is 1. The molecule has 0 aliphatic heterocycles. The molecule has 0 aromatic heterocycles. The second-order valence-corrected chi connectivity index (χ2v) is 5.33. The molecule has 1 aliphatic carbocycles. The van der Waals surface area contributed by atoms with Crippen LogP contribution in [0.5, 0.6) is 0 Å². The first-order valence-corrected chi connectivity index (χ1v) is 7.29. The van der Waals surface area contributed by atoms with Crippen LogP contribution in [0.2, 0.25) is 0 Å². The van der Waals surface area contributed by atoms with E-state index in [2.05, 4.69) is 0 Å². The predicted octanol–water partition coefficient (Wildman–Crippen LogP) is 2.31. The van der Waals surface area contributed by atoms with E-state index in [0.717, 1.165) is 12.8 Å². The lowest BCUT2D eigenvalue weighted by Crippen LogP contribution is -2.40. The molecule has 1 N–H and O–H groups in total. The maximum Gasteiger partial charge on any atom is 0.323 e. The van der Waals surface area contributed by atoms with Crippen molar-refractivity contribution in [2.45, 2.75) is 32.3 Å². The van der Waals surface area contributed by atoms with Crippen molar-refractivity contribution in [3.63, 3.8) is 0 Å². The van der Waals surface area contributed by atoms with E-state index in [1.54, 1.807) is 24.3 Å². The zero-order chi connectivity index (χ0) is 15.2. The van der Waals surface area contributed by atoms with Gasteiger partial charge in [-0.05, 0) is 37.8 Å². The molecule has 0 bridgehead atoms. The van der Waals surface area contributed by atoms with Gasteiger partial charge in [0, 0.05) is 18.7 Å². The lowest BCUT2D eigenvalue weighted by molar-refractivity contribution is -0.137. The van der Waals surface area contributed by atoms with Crippen molar-refractivity contribution in [1.29, 1.82) is 0 Å². The van der Waals surface area contributed by atoms with Gasteiger partial charge in [0.05, 0.1) is 6.10 Å². The topological polar surface area (TPSA) is 66.8 Å². The Balaban J connectivity index is 1.94. The van der Waals surface area contributed by atoms with Crippen LogP contribution in [0.3, 0.4) is 0 Å². The number of benzene rings is 1. The lowest BCUT2D eigenvalue weighted by Gasteiger charge is -2.35. The third-order valence-electron chi connectivity index (χ3n) is 3.72. The molecule has 0 spiro atoms. The summed E-state index contributed by atoms with van der Waals surface area (Å²) in [4.78, 5) is 24.7. The summed E-state index contributed by atoms with van der Waals surface area (Å²) < 4.78 is 5.48. The maximum atomic E-state index is 12.4. The van der Waals surface area contributed by atoms with Gasteiger partial charge in [0.2, 0.25) is 5.91 Å². The van der Waals surface area contributed by atoms with E-state index in [0.29, 0.717) is 24.6 Å². The molecule has 114 valence electrons. The van der Waals surface area contributed by atoms with Gasteiger partial charge in [-0.1, -0.05) is 18.2 Å². The predicted molar refractivity (Wildman–Crippen MR) is 79.2 cm³/mol. The van der Waals surface area contributed by atoms with Crippen molar-refractivity contribution in [2.75, 3.05) is 18.1 Å². The van der Waals surface area contributed by atoms with Gasteiger partial charge in [-0.2, -0.15) is 0 Å². The van der Waals surface area contributed by atoms with E-state index in [1.807, 2.05) is 13.0 Å². The molecule has 2 rings (SSSR count). The second-order valence-electron chi connectivity index (χ2n) is 5.33. The number of carbonyl (C=O) groups is 2. The number of carbonyl (C=O) groups excluding carboxylic acids is 1. The summed E-state index contributed by atoms with van der Waals surface area (Å²) >= 11 is 0. The number of para-hydroxylation sites is 1. The highest BCUT2D eigenvalue weighted by atomic mass is 16.5. The third-order valence-corrected chi connectivity index (χ3v) is 3.72. The first kappa shape index (κ1) is 15.5. The number of rotatable bonds is 7. The summed E-state index contributed by atoms with van der Waals surface area (Å²) in [5, 5.41) is 9.00. The third kappa shape index (κ3) is 4.29. The Hall–Kier alpha value is -1.88. The number of nitrogens with zero attached hydrogens (tertiary/aromatic N) is 1. The Morgan fingerprint density at radius 1 is 1.29 bits per heavy atom. The molecule has 1 saturated carbocycles. The van der Waals surface area contributed by atoms with E-state index < -0.39 is 5.97 Å². The van der Waals surface area contributed by atoms with Gasteiger partial charge in [-0.15, -0.1) is 0 Å². The van der Waals surface area contributed by atoms with Crippen LogP contribution in [0, 0.1) is 5.92 Å². The summed E-state index contributed by atoms with van der Waals surface area (Å²) in [5.41, 5.74) is 0.630. The van der Waals surface area contributed by atoms with Crippen molar-refractivity contribution < 1.29 is 19.4 Å². The largest absolute Gasteiger partial charge is 0.480 e. The van der Waals surface area contributed by atoms with Crippen LogP contribution < -0.4 is 4.90 Å². The molecular weight excluding hydrogens is 270 g/mol. The highest BCUT2D eigenvalue weighted by molar-refractivity contribution is 5.97. The molecule has 1 aromatic carbocycles. The van der Waals surface area contributed by atoms with E-state index in [4.69, 9.17) is 9.84 Å². The minimum absolute atomic E-state index is 0.136. The van der Waals surface area contributed by atoms with Crippen molar-refractivity contribution in [3.05, 3.63) is 30.3 Å². The fraction of sp³-hybridized carbons (Fsp3) is 0.500. The molecule has 21 heavy (non-hydrogen) atoms. The number of amides is 1. The number of carboxylic acids is 1. The van der Waals surface area contributed by atoms with Crippen molar-refractivity contribution >= 4 is 17.6 Å². The van der Waals surface area contributed by atoms with Gasteiger partial charge < -0.3 is 14.7 Å². The van der Waals surface area contributed by atoms with Crippen LogP contribution >= 0.6 is 0 Å². The smallest absolute Gasteiger partial charge is 0.323 e. The fourth-order valence-corrected chi connectivity index (χ4v) is 2.64. The van der Waals surface area contributed by atoms with Crippen LogP contribution in [0.15, 0.2) is 30.3 Å². The Labute approximate surface area is 124 Å². The highest BCUT2D eigenvalue weighted by Crippen LogP contribution is 2.33. The Kier molecular flexibility index (Phi) is 5.33. The highest BCUT2D eigenvalue weighted by Gasteiger charge is 2.32. The summed E-state index contributed by atoms with van der Waals surface area (Å²) in [7, 11) is 0. The average molecular weight is 291 g/mol. The molecule has 0 saturated heterocycles. The lowest BCUT2D eigenvalue weighted by atomic mass is 9.79. The number of ether oxygens (including phenoxy) is 1. The van der Waals surface area contributed by atoms with Gasteiger partial charge in [0.15, 0.2) is 0 Å². The number of hydrogen-bond donors (Lipinski definition) is 1. The Morgan fingerprint density at radius 3 is 2.52 bits per heavy atom. The molecule has 0 radical (unpaired) electrons. The van der Waals surface area contributed by atoms with Crippen LogP contribution in [-0.4, -0.2) is 36.2 Å². The number of aliphatic carboxylic acids is 1. The van der Waals surface area contributed by atoms with Crippen molar-refractivity contribution in [3.8, 4) is 0 Å². The minimum Gasteiger partial charge on any atom is -0.480 e. The molecule has 5 nitrogen and oxygen atoms in total. The molecule has 5 heteroatoms. The Morgan fingerprint density at radius 2 is 1.95 bits per heavy atom. The quantitative estimate of drug-likeness (QED) is 0.837. The molecule has 1 aromatic rings. The number of hydrogen-bond acceptors (Lipinski definition) is 3. The first-order valence-electron chi connectivity index (χ1n) is 7.29. The van der Waals surface area contributed by atoms with Crippen LogP contribution in [0.25, 0.3) is 0 Å². The van der Waals surface area contributed by atoms with Gasteiger partial charge in [-0.3, -0.25) is 9.59 Å². The minimum atomic E-state index is -1.01. The van der Waals surface area contributed by atoms with Gasteiger partial charge in [-0.25, -0.2) is 0 Å².